The molecule has 2 aromatic carbocycles. The lowest BCUT2D eigenvalue weighted by Gasteiger charge is -2.18. The second-order valence-electron chi connectivity index (χ2n) is 5.84. The molecule has 0 N–H and O–H groups in total. The van der Waals surface area contributed by atoms with Gasteiger partial charge in [0, 0.05) is 25.3 Å². The zero-order valence-electron chi connectivity index (χ0n) is 13.6. The van der Waals surface area contributed by atoms with Crippen LogP contribution in [0, 0.1) is 0 Å². The predicted molar refractivity (Wildman–Crippen MR) is 96.5 cm³/mol. The number of carbonyl (C=O) groups excluding carboxylic acids is 2. The minimum Gasteiger partial charge on any atom is -0.295 e. The summed E-state index contributed by atoms with van der Waals surface area (Å²) in [4.78, 5) is 24.6. The molecule has 0 spiro atoms. The van der Waals surface area contributed by atoms with Gasteiger partial charge >= 0.3 is 5.84 Å². The molecular formula is C19H19N2O2S+. The van der Waals surface area contributed by atoms with E-state index in [9.17, 15) is 9.59 Å². The van der Waals surface area contributed by atoms with E-state index in [1.54, 1.807) is 0 Å². The van der Waals surface area contributed by atoms with Gasteiger partial charge in [-0.05, 0) is 19.1 Å². The Morgan fingerprint density at radius 1 is 0.958 bits per heavy atom. The van der Waals surface area contributed by atoms with E-state index in [4.69, 9.17) is 0 Å². The molecule has 0 fully saturated rings. The summed E-state index contributed by atoms with van der Waals surface area (Å²) in [6.07, 6.45) is 0. The summed E-state index contributed by atoms with van der Waals surface area (Å²) in [7, 11) is 0. The normalized spacial score (nSPS) is 20.4. The molecule has 4 nitrogen and oxygen atoms in total. The van der Waals surface area contributed by atoms with Crippen molar-refractivity contribution in [2.45, 2.75) is 25.9 Å². The third-order valence-corrected chi connectivity index (χ3v) is 4.63. The molecule has 122 valence electrons. The number of thiol groups is 1. The van der Waals surface area contributed by atoms with Crippen LogP contribution in [0.15, 0.2) is 60.7 Å². The van der Waals surface area contributed by atoms with Crippen LogP contribution in [-0.2, 0) is 9.59 Å². The fourth-order valence-electron chi connectivity index (χ4n) is 3.23. The van der Waals surface area contributed by atoms with E-state index >= 15 is 0 Å². The zero-order valence-corrected chi connectivity index (χ0v) is 14.5. The van der Waals surface area contributed by atoms with Crippen LogP contribution >= 0.6 is 12.8 Å². The number of rotatable bonds is 4. The number of ketones is 2. The maximum absolute atomic E-state index is 12.3. The van der Waals surface area contributed by atoms with Crippen molar-refractivity contribution in [3.63, 3.8) is 0 Å². The highest BCUT2D eigenvalue weighted by molar-refractivity contribution is 7.78. The summed E-state index contributed by atoms with van der Waals surface area (Å²) in [5.41, 5.74) is 1.83. The first kappa shape index (κ1) is 16.5. The van der Waals surface area contributed by atoms with Crippen LogP contribution in [-0.4, -0.2) is 32.3 Å². The molecule has 3 rings (SSSR count). The first-order valence-electron chi connectivity index (χ1n) is 7.78. The number of hydrogen-bond acceptors (Lipinski definition) is 4. The molecule has 5 heteroatoms. The van der Waals surface area contributed by atoms with Gasteiger partial charge < -0.3 is 0 Å². The number of hydrogen-bond donors (Lipinski definition) is 1. The summed E-state index contributed by atoms with van der Waals surface area (Å²) in [5, 5.41) is 0. The molecule has 0 aliphatic carbocycles. The molecule has 0 saturated carbocycles. The molecule has 0 aromatic heterocycles. The van der Waals surface area contributed by atoms with Crippen molar-refractivity contribution in [1.82, 2.24) is 4.31 Å². The second-order valence-corrected chi connectivity index (χ2v) is 6.27. The maximum atomic E-state index is 12.3. The third-order valence-electron chi connectivity index (χ3n) is 4.19. The van der Waals surface area contributed by atoms with E-state index in [0.29, 0.717) is 5.84 Å². The summed E-state index contributed by atoms with van der Waals surface area (Å²) < 4.78 is 3.42. The largest absolute Gasteiger partial charge is 0.333 e. The van der Waals surface area contributed by atoms with Gasteiger partial charge in [0.1, 0.15) is 5.69 Å². The standard InChI is InChI=1S/C19H19N2O2S/c1-13(22)17-18(15-9-5-3-6-10-15)20(16-11-7-4-8-12-16)19(14(2)23)21(17)24/h3-12,17-18,24H,1-2H3/q+1. The quantitative estimate of drug-likeness (QED) is 0.687. The molecule has 0 amide bonds. The van der Waals surface area contributed by atoms with E-state index in [1.807, 2.05) is 65.2 Å². The Morgan fingerprint density at radius 2 is 1.50 bits per heavy atom. The SMILES string of the molecule is CC(=O)C1=[N+](c2ccccc2)C(c2ccccc2)C(C(C)=O)N1S. The first-order valence-corrected chi connectivity index (χ1v) is 8.18. The van der Waals surface area contributed by atoms with Crippen LogP contribution in [0.2, 0.25) is 0 Å². The van der Waals surface area contributed by atoms with Gasteiger partial charge in [-0.1, -0.05) is 48.5 Å². The minimum atomic E-state index is -0.533. The Bertz CT molecular complexity index is 803. The highest BCUT2D eigenvalue weighted by Gasteiger charge is 2.52. The highest BCUT2D eigenvalue weighted by Crippen LogP contribution is 2.37. The lowest BCUT2D eigenvalue weighted by atomic mass is 9.97. The molecular weight excluding hydrogens is 320 g/mol. The topological polar surface area (TPSA) is 40.4 Å². The monoisotopic (exact) mass is 339 g/mol. The van der Waals surface area contributed by atoms with Crippen LogP contribution in [0.3, 0.4) is 0 Å². The second kappa shape index (κ2) is 6.61. The third kappa shape index (κ3) is 2.76. The van der Waals surface area contributed by atoms with Crippen molar-refractivity contribution in [3.8, 4) is 0 Å². The smallest absolute Gasteiger partial charge is 0.295 e. The van der Waals surface area contributed by atoms with E-state index in [1.165, 1.54) is 18.2 Å². The van der Waals surface area contributed by atoms with Crippen molar-refractivity contribution >= 4 is 35.9 Å². The lowest BCUT2D eigenvalue weighted by Crippen LogP contribution is -2.37. The average Bonchev–Trinajstić information content (AvgIpc) is 2.90. The van der Waals surface area contributed by atoms with Crippen molar-refractivity contribution in [2.24, 2.45) is 0 Å². The fourth-order valence-corrected chi connectivity index (χ4v) is 3.75. The average molecular weight is 339 g/mol. The molecule has 2 unspecified atom stereocenters. The van der Waals surface area contributed by atoms with Crippen LogP contribution in [0.5, 0.6) is 0 Å². The summed E-state index contributed by atoms with van der Waals surface area (Å²) in [6.45, 7) is 3.04. The van der Waals surface area contributed by atoms with Crippen LogP contribution < -0.4 is 0 Å². The molecule has 0 radical (unpaired) electrons. The predicted octanol–water partition coefficient (Wildman–Crippen LogP) is 3.18. The van der Waals surface area contributed by atoms with Crippen LogP contribution in [0.1, 0.15) is 25.5 Å². The van der Waals surface area contributed by atoms with Gasteiger partial charge in [0.15, 0.2) is 11.8 Å². The molecule has 1 aliphatic rings. The number of para-hydroxylation sites is 1. The van der Waals surface area contributed by atoms with Crippen LogP contribution in [0.25, 0.3) is 0 Å². The minimum absolute atomic E-state index is 0.0314. The van der Waals surface area contributed by atoms with Gasteiger partial charge in [0.25, 0.3) is 0 Å². The van der Waals surface area contributed by atoms with Crippen molar-refractivity contribution < 1.29 is 14.2 Å². The van der Waals surface area contributed by atoms with E-state index in [2.05, 4.69) is 12.8 Å². The molecule has 2 aromatic rings. The lowest BCUT2D eigenvalue weighted by molar-refractivity contribution is -0.481. The van der Waals surface area contributed by atoms with Gasteiger partial charge in [-0.15, -0.1) is 0 Å². The summed E-state index contributed by atoms with van der Waals surface area (Å²) in [6, 6.07) is 18.5. The number of nitrogens with zero attached hydrogens (tertiary/aromatic N) is 2. The molecule has 1 heterocycles. The highest BCUT2D eigenvalue weighted by atomic mass is 32.1. The summed E-state index contributed by atoms with van der Waals surface area (Å²) in [5.74, 6) is 0.258. The van der Waals surface area contributed by atoms with Crippen molar-refractivity contribution in [1.29, 1.82) is 0 Å². The van der Waals surface area contributed by atoms with E-state index in [-0.39, 0.29) is 17.6 Å². The van der Waals surface area contributed by atoms with Crippen molar-refractivity contribution in [2.75, 3.05) is 0 Å². The fraction of sp³-hybridized carbons (Fsp3) is 0.211. The number of benzene rings is 2. The molecule has 0 saturated heterocycles. The van der Waals surface area contributed by atoms with E-state index < -0.39 is 6.04 Å². The Kier molecular flexibility index (Phi) is 4.53. The molecule has 2 atom stereocenters. The van der Waals surface area contributed by atoms with Gasteiger partial charge in [-0.2, -0.15) is 4.31 Å². The number of Topliss-reactive ketones (excluding diaryl/α,β-unsaturated/α-hetero) is 2. The molecule has 1 aliphatic heterocycles. The Hall–Kier alpha value is -2.40. The van der Waals surface area contributed by atoms with Crippen molar-refractivity contribution in [3.05, 3.63) is 66.2 Å². The van der Waals surface area contributed by atoms with Gasteiger partial charge in [-0.25, -0.2) is 4.58 Å². The number of carbonyl (C=O) groups is 2. The molecule has 0 bridgehead atoms. The van der Waals surface area contributed by atoms with Crippen LogP contribution in [0.4, 0.5) is 5.69 Å². The zero-order chi connectivity index (χ0) is 17.3. The molecule has 24 heavy (non-hydrogen) atoms. The summed E-state index contributed by atoms with van der Waals surface area (Å²) >= 11 is 4.49. The van der Waals surface area contributed by atoms with Gasteiger partial charge in [-0.3, -0.25) is 9.59 Å². The Labute approximate surface area is 147 Å². The van der Waals surface area contributed by atoms with Gasteiger partial charge in [0.05, 0.1) is 0 Å². The Balaban J connectivity index is 2.27. The number of amidine groups is 1. The maximum Gasteiger partial charge on any atom is 0.333 e. The van der Waals surface area contributed by atoms with E-state index in [0.717, 1.165) is 11.3 Å². The Morgan fingerprint density at radius 3 is 2.00 bits per heavy atom. The van der Waals surface area contributed by atoms with Gasteiger partial charge in [0.2, 0.25) is 11.8 Å². The first-order chi connectivity index (χ1) is 11.5.